The summed E-state index contributed by atoms with van der Waals surface area (Å²) in [6.45, 7) is 0.839. The van der Waals surface area contributed by atoms with Crippen molar-refractivity contribution in [2.24, 2.45) is 12.8 Å². The van der Waals surface area contributed by atoms with E-state index in [0.29, 0.717) is 13.1 Å². The number of nitrogens with one attached hydrogen (secondary N) is 2. The number of amides is 2. The van der Waals surface area contributed by atoms with Gasteiger partial charge < -0.3 is 10.3 Å². The number of benzene rings is 1. The molecule has 2 amide bonds. The maximum Gasteiger partial charge on any atom is 0.266 e. The van der Waals surface area contributed by atoms with E-state index in [9.17, 15) is 26.4 Å². The fourth-order valence-electron chi connectivity index (χ4n) is 3.05. The van der Waals surface area contributed by atoms with Crippen LogP contribution in [0.3, 0.4) is 0 Å². The first-order valence-corrected chi connectivity index (χ1v) is 11.8. The zero-order valence-corrected chi connectivity index (χ0v) is 17.7. The van der Waals surface area contributed by atoms with E-state index in [1.807, 2.05) is 10.3 Å². The Morgan fingerprint density at radius 3 is 2.30 bits per heavy atom. The number of primary amides is 1. The van der Waals surface area contributed by atoms with Gasteiger partial charge in [-0.2, -0.15) is 4.31 Å². The van der Waals surface area contributed by atoms with Gasteiger partial charge >= 0.3 is 0 Å². The molecule has 1 fully saturated rings. The van der Waals surface area contributed by atoms with E-state index >= 15 is 0 Å². The minimum absolute atomic E-state index is 0.0264. The lowest BCUT2D eigenvalue weighted by Crippen LogP contribution is -2.41. The summed E-state index contributed by atoms with van der Waals surface area (Å²) in [5.41, 5.74) is 7.14. The highest BCUT2D eigenvalue weighted by Crippen LogP contribution is 2.21. The Hall–Kier alpha value is -2.74. The molecule has 1 aromatic carbocycles. The summed E-state index contributed by atoms with van der Waals surface area (Å²) in [6.07, 6.45) is 2.72. The Morgan fingerprint density at radius 1 is 1.03 bits per heavy atom. The third-order valence-corrected chi connectivity index (χ3v) is 7.75. The molecule has 0 bridgehead atoms. The maximum atomic E-state index is 12.6. The summed E-state index contributed by atoms with van der Waals surface area (Å²) in [7, 11) is -6.46. The number of nitrogens with zero attached hydrogens (tertiary/aromatic N) is 2. The summed E-state index contributed by atoms with van der Waals surface area (Å²) in [5.74, 6) is -1.65. The van der Waals surface area contributed by atoms with Crippen LogP contribution in [0.15, 0.2) is 46.3 Å². The van der Waals surface area contributed by atoms with E-state index in [4.69, 9.17) is 5.73 Å². The first kappa shape index (κ1) is 22.0. The number of nitrogens with two attached hydrogens (primary N) is 1. The summed E-state index contributed by atoms with van der Waals surface area (Å²) in [5, 5.41) is 0. The van der Waals surface area contributed by atoms with E-state index < -0.39 is 31.9 Å². The molecule has 30 heavy (non-hydrogen) atoms. The molecule has 1 aliphatic rings. The Labute approximate surface area is 173 Å². The second-order valence-corrected chi connectivity index (χ2v) is 10.4. The summed E-state index contributed by atoms with van der Waals surface area (Å²) in [6, 6.07) is 6.40. The molecule has 2 heterocycles. The van der Waals surface area contributed by atoms with Crippen LogP contribution in [0.25, 0.3) is 0 Å². The molecule has 162 valence electrons. The number of hydrazine groups is 1. The minimum atomic E-state index is -4.19. The number of carbonyl (C=O) groups is 2. The average molecular weight is 456 g/mol. The third-order valence-electron chi connectivity index (χ3n) is 4.64. The molecule has 1 aromatic heterocycles. The molecule has 11 nitrogen and oxygen atoms in total. The van der Waals surface area contributed by atoms with E-state index in [1.54, 1.807) is 0 Å². The van der Waals surface area contributed by atoms with Crippen LogP contribution in [0.2, 0.25) is 0 Å². The van der Waals surface area contributed by atoms with E-state index in [0.717, 1.165) is 25.1 Å². The van der Waals surface area contributed by atoms with Crippen molar-refractivity contribution in [3.05, 3.63) is 47.8 Å². The summed E-state index contributed by atoms with van der Waals surface area (Å²) < 4.78 is 52.6. The predicted molar refractivity (Wildman–Crippen MR) is 106 cm³/mol. The van der Waals surface area contributed by atoms with Gasteiger partial charge in [-0.1, -0.05) is 6.07 Å². The SMILES string of the molecule is Cn1cc(S(=O)(=O)NNC(=O)c2cccc(S(=O)(=O)N3CCCC3)c2)cc1C(N)=O. The van der Waals surface area contributed by atoms with E-state index in [1.165, 1.54) is 40.2 Å². The van der Waals surface area contributed by atoms with Gasteiger partial charge in [-0.05, 0) is 37.1 Å². The highest BCUT2D eigenvalue weighted by molar-refractivity contribution is 7.89. The highest BCUT2D eigenvalue weighted by Gasteiger charge is 2.28. The van der Waals surface area contributed by atoms with Crippen LogP contribution >= 0.6 is 0 Å². The van der Waals surface area contributed by atoms with Crippen LogP contribution in [0.1, 0.15) is 33.7 Å². The van der Waals surface area contributed by atoms with Crippen LogP contribution in [-0.2, 0) is 27.1 Å². The largest absolute Gasteiger partial charge is 0.364 e. The number of sulfonamides is 2. The number of aromatic nitrogens is 1. The fraction of sp³-hybridized carbons (Fsp3) is 0.294. The molecule has 0 unspecified atom stereocenters. The molecule has 2 aromatic rings. The second kappa shape index (κ2) is 8.18. The normalized spacial score (nSPS) is 15.2. The van der Waals surface area contributed by atoms with Crippen molar-refractivity contribution in [2.75, 3.05) is 13.1 Å². The van der Waals surface area contributed by atoms with E-state index in [-0.39, 0.29) is 21.0 Å². The van der Waals surface area contributed by atoms with Gasteiger partial charge in [-0.25, -0.2) is 16.8 Å². The molecule has 3 rings (SSSR count). The zero-order chi connectivity index (χ0) is 22.1. The van der Waals surface area contributed by atoms with Gasteiger partial charge in [0.15, 0.2) is 0 Å². The van der Waals surface area contributed by atoms with Crippen LogP contribution in [0.5, 0.6) is 0 Å². The fourth-order valence-corrected chi connectivity index (χ4v) is 5.52. The quantitative estimate of drug-likeness (QED) is 0.478. The van der Waals surface area contributed by atoms with Gasteiger partial charge in [-0.15, -0.1) is 4.83 Å². The van der Waals surface area contributed by atoms with Crippen molar-refractivity contribution in [1.29, 1.82) is 0 Å². The van der Waals surface area contributed by atoms with Gasteiger partial charge in [0.1, 0.15) is 10.6 Å². The Balaban J connectivity index is 1.75. The molecule has 0 aliphatic carbocycles. The highest BCUT2D eigenvalue weighted by atomic mass is 32.2. The van der Waals surface area contributed by atoms with Gasteiger partial charge in [-0.3, -0.25) is 15.0 Å². The summed E-state index contributed by atoms with van der Waals surface area (Å²) >= 11 is 0. The number of hydrogen-bond acceptors (Lipinski definition) is 6. The lowest BCUT2D eigenvalue weighted by Gasteiger charge is -2.16. The molecule has 13 heteroatoms. The second-order valence-electron chi connectivity index (χ2n) is 6.73. The third kappa shape index (κ3) is 4.38. The predicted octanol–water partition coefficient (Wildman–Crippen LogP) is -0.468. The molecule has 4 N–H and O–H groups in total. The van der Waals surface area contributed by atoms with Gasteiger partial charge in [0.25, 0.3) is 21.8 Å². The number of aryl methyl sites for hydroxylation is 1. The number of rotatable bonds is 7. The molecule has 0 saturated carbocycles. The molecule has 0 atom stereocenters. The van der Waals surface area contributed by atoms with E-state index in [2.05, 4.69) is 0 Å². The number of hydrogen-bond donors (Lipinski definition) is 3. The molecular formula is C17H21N5O6S2. The molecule has 1 aliphatic heterocycles. The van der Waals surface area contributed by atoms with Crippen LogP contribution in [0.4, 0.5) is 0 Å². The molecule has 1 saturated heterocycles. The monoisotopic (exact) mass is 455 g/mol. The molecule has 0 spiro atoms. The average Bonchev–Trinajstić information content (AvgIpc) is 3.37. The molecular weight excluding hydrogens is 434 g/mol. The van der Waals surface area contributed by atoms with Crippen LogP contribution < -0.4 is 16.0 Å². The van der Waals surface area contributed by atoms with Crippen molar-refractivity contribution in [3.63, 3.8) is 0 Å². The van der Waals surface area contributed by atoms with Crippen molar-refractivity contribution >= 4 is 31.9 Å². The first-order valence-electron chi connectivity index (χ1n) is 8.91. The minimum Gasteiger partial charge on any atom is -0.364 e. The molecule has 0 radical (unpaired) electrons. The van der Waals surface area contributed by atoms with Crippen molar-refractivity contribution in [2.45, 2.75) is 22.6 Å². The number of carbonyl (C=O) groups excluding carboxylic acids is 2. The first-order chi connectivity index (χ1) is 14.0. The Morgan fingerprint density at radius 2 is 1.70 bits per heavy atom. The maximum absolute atomic E-state index is 12.6. The van der Waals surface area contributed by atoms with Crippen molar-refractivity contribution in [1.82, 2.24) is 19.1 Å². The van der Waals surface area contributed by atoms with Gasteiger partial charge in [0.2, 0.25) is 10.0 Å². The summed E-state index contributed by atoms with van der Waals surface area (Å²) in [4.78, 5) is 25.3. The van der Waals surface area contributed by atoms with Crippen LogP contribution in [0, 0.1) is 0 Å². The zero-order valence-electron chi connectivity index (χ0n) is 16.0. The Bertz CT molecular complexity index is 1200. The van der Waals surface area contributed by atoms with Crippen LogP contribution in [-0.4, -0.2) is 50.6 Å². The lowest BCUT2D eigenvalue weighted by molar-refractivity contribution is 0.0943. The Kier molecular flexibility index (Phi) is 5.99. The topological polar surface area (TPSA) is 161 Å². The van der Waals surface area contributed by atoms with Crippen molar-refractivity contribution < 1.29 is 26.4 Å². The lowest BCUT2D eigenvalue weighted by atomic mass is 10.2. The smallest absolute Gasteiger partial charge is 0.266 e. The van der Waals surface area contributed by atoms with Gasteiger partial charge in [0.05, 0.1) is 4.90 Å². The van der Waals surface area contributed by atoms with Crippen molar-refractivity contribution in [3.8, 4) is 0 Å². The standard InChI is InChI=1S/C17H21N5O6S2/c1-21-11-14(10-15(21)16(18)23)29(25,26)20-19-17(24)12-5-4-6-13(9-12)30(27,28)22-7-2-3-8-22/h4-6,9-11,20H,2-3,7-8H2,1H3,(H2,18,23)(H,19,24). The van der Waals surface area contributed by atoms with Gasteiger partial charge in [0, 0.05) is 31.9 Å².